The van der Waals surface area contributed by atoms with Crippen molar-refractivity contribution in [3.63, 3.8) is 0 Å². The van der Waals surface area contributed by atoms with E-state index in [2.05, 4.69) is 0 Å². The molecule has 0 unspecified atom stereocenters. The Balaban J connectivity index is 1.73. The van der Waals surface area contributed by atoms with Crippen LogP contribution in [0.15, 0.2) is 66.7 Å². The normalized spacial score (nSPS) is 14.9. The maximum Gasteiger partial charge on any atom is 0.272 e. The van der Waals surface area contributed by atoms with Gasteiger partial charge in [0, 0.05) is 18.7 Å². The van der Waals surface area contributed by atoms with E-state index in [-0.39, 0.29) is 5.91 Å². The molecule has 27 heavy (non-hydrogen) atoms. The lowest BCUT2D eigenvalue weighted by Gasteiger charge is -2.31. The summed E-state index contributed by atoms with van der Waals surface area (Å²) in [6, 6.07) is 22.2. The van der Waals surface area contributed by atoms with E-state index in [1.807, 2.05) is 78.7 Å². The van der Waals surface area contributed by atoms with Gasteiger partial charge in [0.1, 0.15) is 5.69 Å². The van der Waals surface area contributed by atoms with Gasteiger partial charge in [-0.2, -0.15) is 5.10 Å². The minimum absolute atomic E-state index is 0.0421. The summed E-state index contributed by atoms with van der Waals surface area (Å²) in [7, 11) is 1.93. The molecule has 1 aliphatic rings. The smallest absolute Gasteiger partial charge is 0.272 e. The number of para-hydroxylation sites is 1. The fraction of sp³-hybridized carbons (Fsp3) is 0.304. The lowest BCUT2D eigenvalue weighted by molar-refractivity contribution is 0.0687. The zero-order valence-corrected chi connectivity index (χ0v) is 15.7. The van der Waals surface area contributed by atoms with E-state index >= 15 is 0 Å². The number of carbonyl (C=O) groups excluding carboxylic acids is 1. The number of carbonyl (C=O) groups is 1. The van der Waals surface area contributed by atoms with E-state index in [1.165, 1.54) is 19.3 Å². The van der Waals surface area contributed by atoms with Crippen molar-refractivity contribution in [1.82, 2.24) is 14.7 Å². The lowest BCUT2D eigenvalue weighted by atomic mass is 9.94. The fourth-order valence-corrected chi connectivity index (χ4v) is 3.86. The Morgan fingerprint density at radius 2 is 1.59 bits per heavy atom. The second-order valence-corrected chi connectivity index (χ2v) is 7.24. The summed E-state index contributed by atoms with van der Waals surface area (Å²) in [4.78, 5) is 15.3. The van der Waals surface area contributed by atoms with Gasteiger partial charge in [-0.25, -0.2) is 4.68 Å². The van der Waals surface area contributed by atoms with Gasteiger partial charge >= 0.3 is 0 Å². The predicted octanol–water partition coefficient (Wildman–Crippen LogP) is 4.94. The highest BCUT2D eigenvalue weighted by Gasteiger charge is 2.26. The molecule has 1 fully saturated rings. The average Bonchev–Trinajstić information content (AvgIpc) is 3.20. The van der Waals surface area contributed by atoms with Crippen molar-refractivity contribution in [2.75, 3.05) is 7.05 Å². The molecule has 4 nitrogen and oxygen atoms in total. The third-order valence-corrected chi connectivity index (χ3v) is 5.44. The van der Waals surface area contributed by atoms with E-state index in [0.717, 1.165) is 29.8 Å². The molecular weight excluding hydrogens is 334 g/mol. The van der Waals surface area contributed by atoms with Crippen LogP contribution in [0.5, 0.6) is 0 Å². The molecule has 3 aromatic rings. The highest BCUT2D eigenvalue weighted by molar-refractivity contribution is 5.94. The summed E-state index contributed by atoms with van der Waals surface area (Å²) in [6.45, 7) is 0. The molecule has 0 saturated heterocycles. The predicted molar refractivity (Wildman–Crippen MR) is 108 cm³/mol. The second kappa shape index (κ2) is 7.78. The topological polar surface area (TPSA) is 38.1 Å². The highest BCUT2D eigenvalue weighted by Crippen LogP contribution is 2.26. The summed E-state index contributed by atoms with van der Waals surface area (Å²) in [5, 5.41) is 4.77. The van der Waals surface area contributed by atoms with E-state index < -0.39 is 0 Å². The number of amides is 1. The molecule has 1 heterocycles. The van der Waals surface area contributed by atoms with E-state index in [4.69, 9.17) is 5.10 Å². The maximum absolute atomic E-state index is 13.3. The van der Waals surface area contributed by atoms with Gasteiger partial charge in [-0.1, -0.05) is 67.8 Å². The fourth-order valence-electron chi connectivity index (χ4n) is 3.86. The molecule has 0 radical (unpaired) electrons. The van der Waals surface area contributed by atoms with Gasteiger partial charge in [0.15, 0.2) is 0 Å². The standard InChI is InChI=1S/C23H25N3O/c1-25(19-13-7-3-8-14-19)23(27)22-17-21(18-11-5-2-6-12-18)24-26(22)20-15-9-4-10-16-20/h2,4-6,9-12,15-17,19H,3,7-8,13-14H2,1H3. The monoisotopic (exact) mass is 359 g/mol. The van der Waals surface area contributed by atoms with E-state index in [1.54, 1.807) is 4.68 Å². The van der Waals surface area contributed by atoms with Gasteiger partial charge in [0.05, 0.1) is 11.4 Å². The van der Waals surface area contributed by atoms with Gasteiger partial charge < -0.3 is 4.90 Å². The molecule has 0 atom stereocenters. The molecule has 1 amide bonds. The molecule has 1 aromatic heterocycles. The first-order chi connectivity index (χ1) is 13.2. The molecule has 4 rings (SSSR count). The third-order valence-electron chi connectivity index (χ3n) is 5.44. The Kier molecular flexibility index (Phi) is 5.05. The molecule has 0 spiro atoms. The van der Waals surface area contributed by atoms with Crippen molar-refractivity contribution < 1.29 is 4.79 Å². The Hall–Kier alpha value is -2.88. The average molecular weight is 359 g/mol. The number of hydrogen-bond donors (Lipinski definition) is 0. The molecule has 0 aliphatic heterocycles. The number of nitrogens with zero attached hydrogens (tertiary/aromatic N) is 3. The second-order valence-electron chi connectivity index (χ2n) is 7.24. The summed E-state index contributed by atoms with van der Waals surface area (Å²) >= 11 is 0. The quantitative estimate of drug-likeness (QED) is 0.661. The van der Waals surface area contributed by atoms with Gasteiger partial charge in [0.25, 0.3) is 5.91 Å². The number of aromatic nitrogens is 2. The Labute approximate surface area is 160 Å². The van der Waals surface area contributed by atoms with Crippen molar-refractivity contribution in [2.24, 2.45) is 0 Å². The van der Waals surface area contributed by atoms with Crippen LogP contribution in [-0.4, -0.2) is 33.7 Å². The number of rotatable bonds is 4. The van der Waals surface area contributed by atoms with Crippen LogP contribution < -0.4 is 0 Å². The third kappa shape index (κ3) is 3.65. The SMILES string of the molecule is CN(C(=O)c1cc(-c2ccccc2)nn1-c1ccccc1)C1CCCCC1. The molecular formula is C23H25N3O. The van der Waals surface area contributed by atoms with Crippen LogP contribution in [-0.2, 0) is 0 Å². The van der Waals surface area contributed by atoms with Gasteiger partial charge in [-0.3, -0.25) is 4.79 Å². The minimum atomic E-state index is 0.0421. The van der Waals surface area contributed by atoms with Crippen LogP contribution >= 0.6 is 0 Å². The maximum atomic E-state index is 13.3. The molecule has 0 N–H and O–H groups in total. The van der Waals surface area contributed by atoms with Gasteiger partial charge in [0.2, 0.25) is 0 Å². The van der Waals surface area contributed by atoms with Crippen LogP contribution in [0, 0.1) is 0 Å². The minimum Gasteiger partial charge on any atom is -0.337 e. The Morgan fingerprint density at radius 1 is 0.963 bits per heavy atom. The largest absolute Gasteiger partial charge is 0.337 e. The zero-order chi connectivity index (χ0) is 18.6. The Morgan fingerprint density at radius 3 is 2.26 bits per heavy atom. The van der Waals surface area contributed by atoms with E-state index in [0.29, 0.717) is 11.7 Å². The summed E-state index contributed by atoms with van der Waals surface area (Å²) < 4.78 is 1.78. The molecule has 2 aromatic carbocycles. The molecule has 1 saturated carbocycles. The summed E-state index contributed by atoms with van der Waals surface area (Å²) in [5.74, 6) is 0.0421. The van der Waals surface area contributed by atoms with Crippen LogP contribution in [0.1, 0.15) is 42.6 Å². The molecule has 4 heteroatoms. The molecule has 1 aliphatic carbocycles. The van der Waals surface area contributed by atoms with Gasteiger partial charge in [-0.05, 0) is 31.0 Å². The highest BCUT2D eigenvalue weighted by atomic mass is 16.2. The zero-order valence-electron chi connectivity index (χ0n) is 15.7. The van der Waals surface area contributed by atoms with Crippen molar-refractivity contribution in [3.8, 4) is 16.9 Å². The van der Waals surface area contributed by atoms with Crippen LogP contribution in [0.25, 0.3) is 16.9 Å². The number of hydrogen-bond acceptors (Lipinski definition) is 2. The van der Waals surface area contributed by atoms with Crippen LogP contribution in [0.4, 0.5) is 0 Å². The first kappa shape index (κ1) is 17.5. The first-order valence-corrected chi connectivity index (χ1v) is 9.72. The van der Waals surface area contributed by atoms with Crippen LogP contribution in [0.3, 0.4) is 0 Å². The van der Waals surface area contributed by atoms with Crippen molar-refractivity contribution >= 4 is 5.91 Å². The van der Waals surface area contributed by atoms with Crippen molar-refractivity contribution in [3.05, 3.63) is 72.4 Å². The molecule has 0 bridgehead atoms. The van der Waals surface area contributed by atoms with Crippen molar-refractivity contribution in [2.45, 2.75) is 38.1 Å². The van der Waals surface area contributed by atoms with Crippen LogP contribution in [0.2, 0.25) is 0 Å². The summed E-state index contributed by atoms with van der Waals surface area (Å²) in [6.07, 6.45) is 5.87. The van der Waals surface area contributed by atoms with Crippen molar-refractivity contribution in [1.29, 1.82) is 0 Å². The van der Waals surface area contributed by atoms with E-state index in [9.17, 15) is 4.79 Å². The summed E-state index contributed by atoms with van der Waals surface area (Å²) in [5.41, 5.74) is 3.36. The lowest BCUT2D eigenvalue weighted by Crippen LogP contribution is -2.39. The molecule has 138 valence electrons. The first-order valence-electron chi connectivity index (χ1n) is 9.72. The number of benzene rings is 2. The Bertz CT molecular complexity index is 896. The van der Waals surface area contributed by atoms with Gasteiger partial charge in [-0.15, -0.1) is 0 Å².